The number of benzene rings is 1. The Labute approximate surface area is 126 Å². The zero-order valence-corrected chi connectivity index (χ0v) is 11.9. The number of carbonyl (C=O) groups excluding carboxylic acids is 1. The minimum atomic E-state index is -4.38. The third-order valence-electron chi connectivity index (χ3n) is 4.22. The number of nitrogens with zero attached hydrogens (tertiary/aromatic N) is 1. The first-order valence-corrected chi connectivity index (χ1v) is 7.28. The van der Waals surface area contributed by atoms with Crippen molar-refractivity contribution < 1.29 is 22.7 Å². The Balaban J connectivity index is 1.79. The lowest BCUT2D eigenvalue weighted by molar-refractivity contribution is -0.137. The Hall–Kier alpha value is -1.76. The predicted molar refractivity (Wildman–Crippen MR) is 74.7 cm³/mol. The van der Waals surface area contributed by atoms with E-state index in [1.165, 1.54) is 17.0 Å². The van der Waals surface area contributed by atoms with Gasteiger partial charge < -0.3 is 10.1 Å². The summed E-state index contributed by atoms with van der Waals surface area (Å²) in [7, 11) is 0. The molecule has 2 fully saturated rings. The molecule has 1 aromatic carbocycles. The fourth-order valence-electron chi connectivity index (χ4n) is 3.01. The molecule has 1 atom stereocenters. The summed E-state index contributed by atoms with van der Waals surface area (Å²) in [5.74, 6) is 0. The van der Waals surface area contributed by atoms with Crippen LogP contribution in [-0.2, 0) is 10.9 Å². The SMILES string of the molecule is O=C1OC2(CCCNCC2)CN1c1ccc(C(F)(F)F)cc1. The smallest absolute Gasteiger partial charge is 0.416 e. The van der Waals surface area contributed by atoms with Gasteiger partial charge in [0.05, 0.1) is 12.1 Å². The summed E-state index contributed by atoms with van der Waals surface area (Å²) in [5.41, 5.74) is -0.812. The minimum absolute atomic E-state index is 0.388. The zero-order chi connectivity index (χ0) is 15.8. The van der Waals surface area contributed by atoms with Crippen molar-refractivity contribution in [1.29, 1.82) is 0 Å². The van der Waals surface area contributed by atoms with Crippen molar-refractivity contribution in [2.45, 2.75) is 31.0 Å². The van der Waals surface area contributed by atoms with Gasteiger partial charge in [0.25, 0.3) is 0 Å². The van der Waals surface area contributed by atoms with E-state index in [4.69, 9.17) is 4.74 Å². The molecule has 2 saturated heterocycles. The molecule has 1 aromatic rings. The van der Waals surface area contributed by atoms with Crippen LogP contribution in [0.2, 0.25) is 0 Å². The molecule has 4 nitrogen and oxygen atoms in total. The summed E-state index contributed by atoms with van der Waals surface area (Å²) in [6.07, 6.45) is -2.47. The number of amides is 1. The van der Waals surface area contributed by atoms with Crippen molar-refractivity contribution >= 4 is 11.8 Å². The van der Waals surface area contributed by atoms with Gasteiger partial charge in [0.2, 0.25) is 0 Å². The molecule has 0 saturated carbocycles. The highest BCUT2D eigenvalue weighted by molar-refractivity contribution is 5.90. The molecule has 7 heteroatoms. The second-order valence-corrected chi connectivity index (χ2v) is 5.79. The van der Waals surface area contributed by atoms with E-state index in [1.54, 1.807) is 0 Å². The van der Waals surface area contributed by atoms with Crippen molar-refractivity contribution in [3.8, 4) is 0 Å². The number of nitrogens with one attached hydrogen (secondary N) is 1. The van der Waals surface area contributed by atoms with Crippen LogP contribution >= 0.6 is 0 Å². The number of carbonyl (C=O) groups is 1. The standard InChI is InChI=1S/C15H17F3N2O2/c16-15(17,18)11-2-4-12(5-3-11)20-10-14(22-13(20)21)6-1-8-19-9-7-14/h2-5,19H,1,6-10H2. The first-order chi connectivity index (χ1) is 10.4. The van der Waals surface area contributed by atoms with Gasteiger partial charge in [-0.2, -0.15) is 13.2 Å². The van der Waals surface area contributed by atoms with Crippen LogP contribution in [0.5, 0.6) is 0 Å². The van der Waals surface area contributed by atoms with Crippen molar-refractivity contribution in [3.05, 3.63) is 29.8 Å². The van der Waals surface area contributed by atoms with Crippen LogP contribution in [0.3, 0.4) is 0 Å². The number of halogens is 3. The first-order valence-electron chi connectivity index (χ1n) is 7.28. The number of alkyl halides is 3. The van der Waals surface area contributed by atoms with Crippen LogP contribution in [0.25, 0.3) is 0 Å². The molecular formula is C15H17F3N2O2. The number of anilines is 1. The van der Waals surface area contributed by atoms with Crippen LogP contribution < -0.4 is 10.2 Å². The Bertz CT molecular complexity index is 549. The molecule has 0 aromatic heterocycles. The first kappa shape index (κ1) is 15.1. The lowest BCUT2D eigenvalue weighted by Gasteiger charge is -2.24. The average Bonchev–Trinajstić information content (AvgIpc) is 2.64. The van der Waals surface area contributed by atoms with Gasteiger partial charge in [-0.15, -0.1) is 0 Å². The fourth-order valence-corrected chi connectivity index (χ4v) is 3.01. The molecule has 1 spiro atoms. The maximum atomic E-state index is 12.6. The summed E-state index contributed by atoms with van der Waals surface area (Å²) in [4.78, 5) is 13.5. The predicted octanol–water partition coefficient (Wildman–Crippen LogP) is 3.17. The maximum Gasteiger partial charge on any atom is 0.416 e. The fraction of sp³-hybridized carbons (Fsp3) is 0.533. The van der Waals surface area contributed by atoms with Crippen LogP contribution in [0.15, 0.2) is 24.3 Å². The third-order valence-corrected chi connectivity index (χ3v) is 4.22. The van der Waals surface area contributed by atoms with Crippen LogP contribution in [0.1, 0.15) is 24.8 Å². The van der Waals surface area contributed by atoms with Crippen LogP contribution in [-0.4, -0.2) is 31.3 Å². The Kier molecular flexibility index (Phi) is 3.76. The Morgan fingerprint density at radius 2 is 1.86 bits per heavy atom. The van der Waals surface area contributed by atoms with E-state index in [2.05, 4.69) is 5.32 Å². The van der Waals surface area contributed by atoms with Gasteiger partial charge in [-0.3, -0.25) is 4.90 Å². The summed E-state index contributed by atoms with van der Waals surface area (Å²) < 4.78 is 43.3. The van der Waals surface area contributed by atoms with Crippen molar-refractivity contribution in [3.63, 3.8) is 0 Å². The van der Waals surface area contributed by atoms with Crippen molar-refractivity contribution in [2.75, 3.05) is 24.5 Å². The third kappa shape index (κ3) is 2.90. The van der Waals surface area contributed by atoms with Crippen LogP contribution in [0, 0.1) is 0 Å². The second kappa shape index (κ2) is 5.46. The molecule has 2 heterocycles. The molecule has 1 amide bonds. The highest BCUT2D eigenvalue weighted by atomic mass is 19.4. The van der Waals surface area contributed by atoms with Gasteiger partial charge in [0.1, 0.15) is 5.60 Å². The molecule has 0 aliphatic carbocycles. The quantitative estimate of drug-likeness (QED) is 0.865. The minimum Gasteiger partial charge on any atom is -0.441 e. The molecule has 1 N–H and O–H groups in total. The number of ether oxygens (including phenoxy) is 1. The molecule has 3 rings (SSSR count). The molecular weight excluding hydrogens is 297 g/mol. The van der Waals surface area contributed by atoms with E-state index in [0.29, 0.717) is 12.2 Å². The van der Waals surface area contributed by atoms with E-state index in [-0.39, 0.29) is 0 Å². The average molecular weight is 314 g/mol. The molecule has 2 aliphatic rings. The molecule has 0 bridgehead atoms. The van der Waals surface area contributed by atoms with Gasteiger partial charge in [0.15, 0.2) is 0 Å². The molecule has 22 heavy (non-hydrogen) atoms. The van der Waals surface area contributed by atoms with E-state index < -0.39 is 23.4 Å². The topological polar surface area (TPSA) is 41.6 Å². The van der Waals surface area contributed by atoms with Gasteiger partial charge >= 0.3 is 12.3 Å². The Morgan fingerprint density at radius 3 is 2.55 bits per heavy atom. The summed E-state index contributed by atoms with van der Waals surface area (Å²) >= 11 is 0. The highest BCUT2D eigenvalue weighted by Gasteiger charge is 2.45. The summed E-state index contributed by atoms with van der Waals surface area (Å²) in [6.45, 7) is 2.05. The van der Waals surface area contributed by atoms with Gasteiger partial charge in [-0.1, -0.05) is 0 Å². The molecule has 120 valence electrons. The normalized spacial score (nSPS) is 26.1. The van der Waals surface area contributed by atoms with Crippen molar-refractivity contribution in [1.82, 2.24) is 5.32 Å². The Morgan fingerprint density at radius 1 is 1.14 bits per heavy atom. The van der Waals surface area contributed by atoms with Crippen LogP contribution in [0.4, 0.5) is 23.7 Å². The lowest BCUT2D eigenvalue weighted by atomic mass is 9.95. The monoisotopic (exact) mass is 314 g/mol. The van der Waals surface area contributed by atoms with E-state index in [0.717, 1.165) is 44.5 Å². The molecule has 0 radical (unpaired) electrons. The number of hydrogen-bond acceptors (Lipinski definition) is 3. The number of hydrogen-bond donors (Lipinski definition) is 1. The largest absolute Gasteiger partial charge is 0.441 e. The van der Waals surface area contributed by atoms with E-state index >= 15 is 0 Å². The van der Waals surface area contributed by atoms with Crippen molar-refractivity contribution in [2.24, 2.45) is 0 Å². The van der Waals surface area contributed by atoms with Gasteiger partial charge in [-0.25, -0.2) is 4.79 Å². The van der Waals surface area contributed by atoms with E-state index in [1.807, 2.05) is 0 Å². The van der Waals surface area contributed by atoms with Gasteiger partial charge in [-0.05, 0) is 50.2 Å². The second-order valence-electron chi connectivity index (χ2n) is 5.79. The molecule has 2 aliphatic heterocycles. The zero-order valence-electron chi connectivity index (χ0n) is 11.9. The van der Waals surface area contributed by atoms with E-state index in [9.17, 15) is 18.0 Å². The number of rotatable bonds is 1. The molecule has 1 unspecified atom stereocenters. The van der Waals surface area contributed by atoms with Gasteiger partial charge in [0, 0.05) is 12.1 Å². The maximum absolute atomic E-state index is 12.6. The lowest BCUT2D eigenvalue weighted by Crippen LogP contribution is -2.35. The summed E-state index contributed by atoms with van der Waals surface area (Å²) in [5, 5.41) is 3.26. The summed E-state index contributed by atoms with van der Waals surface area (Å²) in [6, 6.07) is 4.61. The highest BCUT2D eigenvalue weighted by Crippen LogP contribution is 2.36.